The van der Waals surface area contributed by atoms with Gasteiger partial charge in [-0.05, 0) is 26.2 Å². The van der Waals surface area contributed by atoms with E-state index in [0.717, 1.165) is 12.8 Å². The molecule has 0 bridgehead atoms. The van der Waals surface area contributed by atoms with Crippen LogP contribution in [0.4, 0.5) is 0 Å². The SMILES string of the molecule is C#C[C@](C)(CC)NC(=O)[C@@H]1CCCCC(=O)N1. The molecule has 0 unspecified atom stereocenters. The number of hydrogen-bond acceptors (Lipinski definition) is 2. The third-order valence-electron chi connectivity index (χ3n) is 3.22. The van der Waals surface area contributed by atoms with E-state index in [-0.39, 0.29) is 11.8 Å². The highest BCUT2D eigenvalue weighted by atomic mass is 16.2. The fourth-order valence-corrected chi connectivity index (χ4v) is 1.75. The molecule has 17 heavy (non-hydrogen) atoms. The van der Waals surface area contributed by atoms with Crippen molar-refractivity contribution in [3.63, 3.8) is 0 Å². The molecule has 0 aliphatic carbocycles. The standard InChI is InChI=1S/C13H20N2O2/c1-4-13(3,5-2)15-12(17)10-8-6-7-9-11(16)14-10/h1,10H,5-9H2,2-3H3,(H,14,16)(H,15,17)/t10-,13+/m0/s1. The molecular weight excluding hydrogens is 216 g/mol. The van der Waals surface area contributed by atoms with Gasteiger partial charge in [-0.15, -0.1) is 6.42 Å². The first kappa shape index (κ1) is 13.6. The van der Waals surface area contributed by atoms with Crippen LogP contribution >= 0.6 is 0 Å². The van der Waals surface area contributed by atoms with Crippen molar-refractivity contribution in [2.45, 2.75) is 57.5 Å². The lowest BCUT2D eigenvalue weighted by molar-refractivity contribution is -0.129. The van der Waals surface area contributed by atoms with E-state index in [1.54, 1.807) is 0 Å². The van der Waals surface area contributed by atoms with Gasteiger partial charge < -0.3 is 10.6 Å². The quantitative estimate of drug-likeness (QED) is 0.717. The molecule has 1 heterocycles. The molecular formula is C13H20N2O2. The highest BCUT2D eigenvalue weighted by Gasteiger charge is 2.28. The normalized spacial score (nSPS) is 23.8. The minimum atomic E-state index is -0.631. The summed E-state index contributed by atoms with van der Waals surface area (Å²) in [6.07, 6.45) is 8.98. The van der Waals surface area contributed by atoms with Gasteiger partial charge in [-0.25, -0.2) is 0 Å². The number of hydrogen-bond donors (Lipinski definition) is 2. The molecule has 1 rings (SSSR count). The Kier molecular flexibility index (Phi) is 4.56. The Balaban J connectivity index is 2.63. The first-order chi connectivity index (χ1) is 8.00. The van der Waals surface area contributed by atoms with Crippen LogP contribution in [-0.4, -0.2) is 23.4 Å². The Labute approximate surface area is 103 Å². The number of nitrogens with one attached hydrogen (secondary N) is 2. The van der Waals surface area contributed by atoms with Crippen LogP contribution in [-0.2, 0) is 9.59 Å². The number of terminal acetylenes is 1. The summed E-state index contributed by atoms with van der Waals surface area (Å²) in [5.74, 6) is 2.35. The fraction of sp³-hybridized carbons (Fsp3) is 0.692. The summed E-state index contributed by atoms with van der Waals surface area (Å²) < 4.78 is 0. The van der Waals surface area contributed by atoms with E-state index in [9.17, 15) is 9.59 Å². The van der Waals surface area contributed by atoms with Crippen molar-refractivity contribution in [1.29, 1.82) is 0 Å². The van der Waals surface area contributed by atoms with Crippen LogP contribution in [0.2, 0.25) is 0 Å². The van der Waals surface area contributed by atoms with Crippen molar-refractivity contribution in [3.05, 3.63) is 0 Å². The maximum atomic E-state index is 12.0. The second kappa shape index (κ2) is 5.72. The van der Waals surface area contributed by atoms with Crippen molar-refractivity contribution < 1.29 is 9.59 Å². The van der Waals surface area contributed by atoms with E-state index in [2.05, 4.69) is 16.6 Å². The van der Waals surface area contributed by atoms with E-state index in [4.69, 9.17) is 6.42 Å². The second-order valence-corrected chi connectivity index (χ2v) is 4.69. The van der Waals surface area contributed by atoms with Crippen molar-refractivity contribution in [2.75, 3.05) is 0 Å². The van der Waals surface area contributed by atoms with Crippen molar-refractivity contribution >= 4 is 11.8 Å². The van der Waals surface area contributed by atoms with Gasteiger partial charge in [-0.1, -0.05) is 19.3 Å². The van der Waals surface area contributed by atoms with Crippen LogP contribution in [0.5, 0.6) is 0 Å². The van der Waals surface area contributed by atoms with Crippen LogP contribution in [0.25, 0.3) is 0 Å². The molecule has 1 saturated heterocycles. The number of amides is 2. The Hall–Kier alpha value is -1.50. The zero-order valence-electron chi connectivity index (χ0n) is 10.5. The molecule has 2 amide bonds. The average Bonchev–Trinajstić information content (AvgIpc) is 2.53. The first-order valence-corrected chi connectivity index (χ1v) is 6.10. The number of rotatable bonds is 3. The topological polar surface area (TPSA) is 58.2 Å². The molecule has 4 nitrogen and oxygen atoms in total. The van der Waals surface area contributed by atoms with Crippen LogP contribution < -0.4 is 10.6 Å². The summed E-state index contributed by atoms with van der Waals surface area (Å²) in [5, 5.41) is 5.55. The molecule has 2 N–H and O–H groups in total. The summed E-state index contributed by atoms with van der Waals surface area (Å²) in [4.78, 5) is 23.4. The number of carbonyl (C=O) groups is 2. The van der Waals surface area contributed by atoms with Crippen molar-refractivity contribution in [1.82, 2.24) is 10.6 Å². The lowest BCUT2D eigenvalue weighted by Gasteiger charge is -2.26. The van der Waals surface area contributed by atoms with Crippen LogP contribution in [0.3, 0.4) is 0 Å². The van der Waals surface area contributed by atoms with Gasteiger partial charge in [-0.2, -0.15) is 0 Å². The van der Waals surface area contributed by atoms with Crippen LogP contribution in [0, 0.1) is 12.3 Å². The summed E-state index contributed by atoms with van der Waals surface area (Å²) in [5.41, 5.74) is -0.631. The zero-order valence-corrected chi connectivity index (χ0v) is 10.5. The maximum Gasteiger partial charge on any atom is 0.243 e. The third-order valence-corrected chi connectivity index (χ3v) is 3.22. The Morgan fingerprint density at radius 1 is 1.65 bits per heavy atom. The smallest absolute Gasteiger partial charge is 0.243 e. The molecule has 0 aromatic rings. The van der Waals surface area contributed by atoms with Gasteiger partial charge >= 0.3 is 0 Å². The summed E-state index contributed by atoms with van der Waals surface area (Å²) in [6, 6.07) is -0.441. The van der Waals surface area contributed by atoms with Gasteiger partial charge in [0, 0.05) is 6.42 Å². The van der Waals surface area contributed by atoms with Crippen LogP contribution in [0.1, 0.15) is 46.0 Å². The monoisotopic (exact) mass is 236 g/mol. The van der Waals surface area contributed by atoms with E-state index < -0.39 is 11.6 Å². The highest BCUT2D eigenvalue weighted by Crippen LogP contribution is 2.12. The second-order valence-electron chi connectivity index (χ2n) is 4.69. The lowest BCUT2D eigenvalue weighted by atomic mass is 9.99. The minimum Gasteiger partial charge on any atom is -0.344 e. The molecule has 0 spiro atoms. The van der Waals surface area contributed by atoms with Crippen LogP contribution in [0.15, 0.2) is 0 Å². The fourth-order valence-electron chi connectivity index (χ4n) is 1.75. The Morgan fingerprint density at radius 2 is 2.35 bits per heavy atom. The van der Waals surface area contributed by atoms with Crippen molar-refractivity contribution in [2.24, 2.45) is 0 Å². The molecule has 0 saturated carbocycles. The molecule has 1 fully saturated rings. The summed E-state index contributed by atoms with van der Waals surface area (Å²) in [7, 11) is 0. The van der Waals surface area contributed by atoms with E-state index in [1.807, 2.05) is 13.8 Å². The van der Waals surface area contributed by atoms with Gasteiger partial charge in [0.25, 0.3) is 0 Å². The van der Waals surface area contributed by atoms with Crippen molar-refractivity contribution in [3.8, 4) is 12.3 Å². The van der Waals surface area contributed by atoms with Gasteiger partial charge in [-0.3, -0.25) is 9.59 Å². The molecule has 0 radical (unpaired) electrons. The van der Waals surface area contributed by atoms with Gasteiger partial charge in [0.1, 0.15) is 6.04 Å². The predicted molar refractivity (Wildman–Crippen MR) is 66.1 cm³/mol. The minimum absolute atomic E-state index is 0.0541. The average molecular weight is 236 g/mol. The van der Waals surface area contributed by atoms with E-state index in [1.165, 1.54) is 0 Å². The molecule has 4 heteroatoms. The molecule has 94 valence electrons. The van der Waals surface area contributed by atoms with Gasteiger partial charge in [0.15, 0.2) is 0 Å². The predicted octanol–water partition coefficient (Wildman–Crippen LogP) is 0.963. The highest BCUT2D eigenvalue weighted by molar-refractivity contribution is 5.88. The molecule has 1 aliphatic heterocycles. The van der Waals surface area contributed by atoms with Gasteiger partial charge in [0.2, 0.25) is 11.8 Å². The Morgan fingerprint density at radius 3 is 2.94 bits per heavy atom. The molecule has 0 aromatic heterocycles. The summed E-state index contributed by atoms with van der Waals surface area (Å²) >= 11 is 0. The Bertz CT molecular complexity index is 346. The molecule has 0 aromatic carbocycles. The molecule has 1 aliphatic rings. The largest absolute Gasteiger partial charge is 0.344 e. The third kappa shape index (κ3) is 3.77. The number of carbonyl (C=O) groups excluding carboxylic acids is 2. The molecule has 2 atom stereocenters. The first-order valence-electron chi connectivity index (χ1n) is 6.10. The lowest BCUT2D eigenvalue weighted by Crippen LogP contribution is -2.53. The maximum absolute atomic E-state index is 12.0. The van der Waals surface area contributed by atoms with E-state index in [0.29, 0.717) is 19.3 Å². The zero-order chi connectivity index (χ0) is 12.9. The van der Waals surface area contributed by atoms with E-state index >= 15 is 0 Å². The summed E-state index contributed by atoms with van der Waals surface area (Å²) in [6.45, 7) is 3.73. The van der Waals surface area contributed by atoms with Gasteiger partial charge in [0.05, 0.1) is 5.54 Å².